The van der Waals surface area contributed by atoms with Gasteiger partial charge in [-0.25, -0.2) is 0 Å². The molecule has 1 aliphatic heterocycles. The summed E-state index contributed by atoms with van der Waals surface area (Å²) in [7, 11) is 2.72. The van der Waals surface area contributed by atoms with Gasteiger partial charge in [-0.15, -0.1) is 0 Å². The lowest BCUT2D eigenvalue weighted by molar-refractivity contribution is -0.298. The Hall–Kier alpha value is -0.240. The van der Waals surface area contributed by atoms with E-state index >= 15 is 0 Å². The van der Waals surface area contributed by atoms with E-state index in [9.17, 15) is 10.2 Å². The lowest BCUT2D eigenvalue weighted by Gasteiger charge is -2.40. The van der Waals surface area contributed by atoms with Crippen molar-refractivity contribution in [1.29, 1.82) is 0 Å². The van der Waals surface area contributed by atoms with Gasteiger partial charge in [-0.2, -0.15) is 0 Å². The smallest absolute Gasteiger partial charge is 0.186 e. The van der Waals surface area contributed by atoms with Crippen molar-refractivity contribution < 1.29 is 29.5 Å². The summed E-state index contributed by atoms with van der Waals surface area (Å²) in [6.45, 7) is -0.303. The van der Waals surface area contributed by atoms with Crippen LogP contribution in [-0.2, 0) is 14.2 Å². The van der Waals surface area contributed by atoms with Crippen LogP contribution in [0.2, 0.25) is 0 Å². The van der Waals surface area contributed by atoms with Crippen molar-refractivity contribution in [1.82, 2.24) is 0 Å². The van der Waals surface area contributed by atoms with Gasteiger partial charge in [0.2, 0.25) is 0 Å². The number of hydrogen-bond donors (Lipinski definition) is 3. The standard InChI is InChI=1S/C8H16O6/c1-12-7-4(3-9)14-8(13-2)6(11)5(7)10/h4-11H,3H2,1-2H3. The maximum absolute atomic E-state index is 9.59. The van der Waals surface area contributed by atoms with Gasteiger partial charge in [-0.1, -0.05) is 0 Å². The van der Waals surface area contributed by atoms with E-state index in [0.29, 0.717) is 0 Å². The van der Waals surface area contributed by atoms with Gasteiger partial charge in [0.1, 0.15) is 24.4 Å². The third-order valence-corrected chi connectivity index (χ3v) is 2.33. The van der Waals surface area contributed by atoms with Crippen LogP contribution >= 0.6 is 0 Å². The van der Waals surface area contributed by atoms with Crippen molar-refractivity contribution in [3.8, 4) is 0 Å². The highest BCUT2D eigenvalue weighted by atomic mass is 16.7. The summed E-state index contributed by atoms with van der Waals surface area (Å²) < 4.78 is 14.9. The predicted octanol–water partition coefficient (Wildman–Crippen LogP) is -1.91. The van der Waals surface area contributed by atoms with E-state index in [-0.39, 0.29) is 6.61 Å². The lowest BCUT2D eigenvalue weighted by Crippen LogP contribution is -2.59. The average molecular weight is 208 g/mol. The molecule has 1 aliphatic rings. The van der Waals surface area contributed by atoms with Gasteiger partial charge < -0.3 is 29.5 Å². The van der Waals surface area contributed by atoms with E-state index in [1.54, 1.807) is 0 Å². The van der Waals surface area contributed by atoms with E-state index in [1.807, 2.05) is 0 Å². The minimum Gasteiger partial charge on any atom is -0.394 e. The largest absolute Gasteiger partial charge is 0.394 e. The second-order valence-corrected chi connectivity index (χ2v) is 3.14. The highest BCUT2D eigenvalue weighted by Crippen LogP contribution is 2.23. The van der Waals surface area contributed by atoms with Crippen LogP contribution in [0.15, 0.2) is 0 Å². The average Bonchev–Trinajstić information content (AvgIpc) is 2.21. The van der Waals surface area contributed by atoms with Gasteiger partial charge in [0.25, 0.3) is 0 Å². The molecule has 1 heterocycles. The Labute approximate surface area is 82.0 Å². The molecule has 0 aliphatic carbocycles. The minimum absolute atomic E-state index is 0.303. The van der Waals surface area contributed by atoms with Crippen LogP contribution in [0.1, 0.15) is 0 Å². The number of aliphatic hydroxyl groups excluding tert-OH is 3. The van der Waals surface area contributed by atoms with Crippen LogP contribution < -0.4 is 0 Å². The molecule has 1 rings (SSSR count). The maximum atomic E-state index is 9.59. The molecule has 0 aromatic carbocycles. The zero-order valence-electron chi connectivity index (χ0n) is 8.16. The van der Waals surface area contributed by atoms with Crippen molar-refractivity contribution in [3.05, 3.63) is 0 Å². The SMILES string of the molecule is COC1OC(CO)C(OC)C(O)C1O. The molecule has 0 spiro atoms. The number of methoxy groups -OCH3 is 2. The molecule has 0 saturated carbocycles. The van der Waals surface area contributed by atoms with Crippen molar-refractivity contribution in [3.63, 3.8) is 0 Å². The molecular formula is C8H16O6. The maximum Gasteiger partial charge on any atom is 0.186 e. The molecule has 0 amide bonds. The molecule has 84 valence electrons. The fourth-order valence-corrected chi connectivity index (χ4v) is 1.54. The van der Waals surface area contributed by atoms with Gasteiger partial charge in [0.15, 0.2) is 6.29 Å². The number of hydrogen-bond acceptors (Lipinski definition) is 6. The van der Waals surface area contributed by atoms with E-state index in [1.165, 1.54) is 14.2 Å². The van der Waals surface area contributed by atoms with Crippen molar-refractivity contribution in [2.24, 2.45) is 0 Å². The van der Waals surface area contributed by atoms with Crippen molar-refractivity contribution >= 4 is 0 Å². The molecule has 1 saturated heterocycles. The van der Waals surface area contributed by atoms with Gasteiger partial charge in [0.05, 0.1) is 6.61 Å². The first kappa shape index (κ1) is 11.8. The highest BCUT2D eigenvalue weighted by molar-refractivity contribution is 4.89. The monoisotopic (exact) mass is 208 g/mol. The quantitative estimate of drug-likeness (QED) is 0.501. The molecule has 0 aromatic rings. The molecule has 14 heavy (non-hydrogen) atoms. The summed E-state index contributed by atoms with van der Waals surface area (Å²) in [4.78, 5) is 0. The minimum atomic E-state index is -1.17. The number of rotatable bonds is 3. The summed E-state index contributed by atoms with van der Waals surface area (Å²) in [6.07, 6.45) is -4.68. The Balaban J connectivity index is 2.71. The highest BCUT2D eigenvalue weighted by Gasteiger charge is 2.44. The fourth-order valence-electron chi connectivity index (χ4n) is 1.54. The van der Waals surface area contributed by atoms with Gasteiger partial charge in [-0.3, -0.25) is 0 Å². The van der Waals surface area contributed by atoms with Gasteiger partial charge in [0, 0.05) is 14.2 Å². The summed E-state index contributed by atoms with van der Waals surface area (Å²) >= 11 is 0. The summed E-state index contributed by atoms with van der Waals surface area (Å²) in [5.74, 6) is 0. The van der Waals surface area contributed by atoms with Crippen LogP contribution in [-0.4, -0.2) is 66.9 Å². The molecule has 6 heteroatoms. The lowest BCUT2D eigenvalue weighted by atomic mass is 9.99. The van der Waals surface area contributed by atoms with E-state index in [4.69, 9.17) is 19.3 Å². The topological polar surface area (TPSA) is 88.4 Å². The zero-order valence-corrected chi connectivity index (χ0v) is 8.16. The zero-order chi connectivity index (χ0) is 10.7. The van der Waals surface area contributed by atoms with Crippen LogP contribution in [0.4, 0.5) is 0 Å². The Morgan fingerprint density at radius 2 is 1.79 bits per heavy atom. The van der Waals surface area contributed by atoms with Gasteiger partial charge >= 0.3 is 0 Å². The Morgan fingerprint density at radius 1 is 1.14 bits per heavy atom. The summed E-state index contributed by atoms with van der Waals surface area (Å²) in [5, 5.41) is 28.0. The number of aliphatic hydroxyl groups is 3. The molecule has 0 bridgehead atoms. The molecule has 1 fully saturated rings. The molecule has 3 N–H and O–H groups in total. The molecular weight excluding hydrogens is 192 g/mol. The van der Waals surface area contributed by atoms with Crippen molar-refractivity contribution in [2.45, 2.75) is 30.7 Å². The second-order valence-electron chi connectivity index (χ2n) is 3.14. The second kappa shape index (κ2) is 5.01. The first-order valence-corrected chi connectivity index (χ1v) is 4.33. The molecule has 6 nitrogen and oxygen atoms in total. The van der Waals surface area contributed by atoms with Crippen molar-refractivity contribution in [2.75, 3.05) is 20.8 Å². The fraction of sp³-hybridized carbons (Fsp3) is 1.00. The molecule has 5 atom stereocenters. The van der Waals surface area contributed by atoms with Crippen LogP contribution in [0.5, 0.6) is 0 Å². The molecule has 0 aromatic heterocycles. The van der Waals surface area contributed by atoms with Gasteiger partial charge in [-0.05, 0) is 0 Å². The van der Waals surface area contributed by atoms with E-state index < -0.39 is 30.7 Å². The van der Waals surface area contributed by atoms with Crippen LogP contribution in [0, 0.1) is 0 Å². The van der Waals surface area contributed by atoms with Crippen LogP contribution in [0.3, 0.4) is 0 Å². The molecule has 0 radical (unpaired) electrons. The first-order valence-electron chi connectivity index (χ1n) is 4.33. The Kier molecular flexibility index (Phi) is 4.24. The molecule has 5 unspecified atom stereocenters. The normalized spacial score (nSPS) is 43.9. The summed E-state index contributed by atoms with van der Waals surface area (Å²) in [5.41, 5.74) is 0. The third-order valence-electron chi connectivity index (χ3n) is 2.33. The van der Waals surface area contributed by atoms with E-state index in [0.717, 1.165) is 0 Å². The predicted molar refractivity (Wildman–Crippen MR) is 45.6 cm³/mol. The van der Waals surface area contributed by atoms with Crippen LogP contribution in [0.25, 0.3) is 0 Å². The third kappa shape index (κ3) is 2.05. The number of ether oxygens (including phenoxy) is 3. The summed E-state index contributed by atoms with van der Waals surface area (Å²) in [6, 6.07) is 0. The Bertz CT molecular complexity index is 173. The van der Waals surface area contributed by atoms with E-state index in [2.05, 4.69) is 0 Å². The first-order chi connectivity index (χ1) is 6.65. The Morgan fingerprint density at radius 3 is 2.21 bits per heavy atom.